The van der Waals surface area contributed by atoms with E-state index < -0.39 is 36.7 Å². The molecule has 0 aliphatic carbocycles. The van der Waals surface area contributed by atoms with Gasteiger partial charge in [0, 0.05) is 0 Å². The zero-order valence-corrected chi connectivity index (χ0v) is 12.7. The molecule has 0 aromatic heterocycles. The number of aliphatic carboxylic acids is 3. The Morgan fingerprint density at radius 1 is 1.12 bits per heavy atom. The number of aliphatic hydroxyl groups is 1. The largest absolute Gasteiger partial charge is 1.00 e. The SMILES string of the molecule is O=C(O)COC(C(=O)[O-])C(O)C(=O)[O-].[Na+].[Na+]. The van der Waals surface area contributed by atoms with Gasteiger partial charge in [0.1, 0.15) is 18.8 Å². The summed E-state index contributed by atoms with van der Waals surface area (Å²) in [6.45, 7) is -1.07. The number of hydrogen-bond acceptors (Lipinski definition) is 7. The molecule has 0 spiro atoms. The Balaban J connectivity index is -0.000000845. The van der Waals surface area contributed by atoms with E-state index in [1.54, 1.807) is 0 Å². The molecule has 2 unspecified atom stereocenters. The van der Waals surface area contributed by atoms with Crippen molar-refractivity contribution < 1.29 is 98.7 Å². The number of carboxylic acids is 3. The minimum Gasteiger partial charge on any atom is -0.547 e. The molecule has 10 heteroatoms. The number of aliphatic hydroxyl groups excluding tert-OH is 1. The van der Waals surface area contributed by atoms with E-state index >= 15 is 0 Å². The van der Waals surface area contributed by atoms with Gasteiger partial charge in [-0.1, -0.05) is 0 Å². The Bertz CT molecular complexity index is 255. The van der Waals surface area contributed by atoms with Crippen LogP contribution in [0.3, 0.4) is 0 Å². The van der Waals surface area contributed by atoms with E-state index in [1.165, 1.54) is 0 Å². The van der Waals surface area contributed by atoms with Gasteiger partial charge in [-0.2, -0.15) is 0 Å². The van der Waals surface area contributed by atoms with Crippen LogP contribution in [-0.2, 0) is 19.1 Å². The van der Waals surface area contributed by atoms with Gasteiger partial charge in [0.15, 0.2) is 0 Å². The van der Waals surface area contributed by atoms with Crippen LogP contribution in [-0.4, -0.2) is 46.9 Å². The number of hydrogen-bond donors (Lipinski definition) is 2. The van der Waals surface area contributed by atoms with E-state index in [1.807, 2.05) is 0 Å². The molecule has 0 heterocycles. The van der Waals surface area contributed by atoms with Gasteiger partial charge >= 0.3 is 65.1 Å². The zero-order valence-electron chi connectivity index (χ0n) is 8.71. The smallest absolute Gasteiger partial charge is 0.547 e. The summed E-state index contributed by atoms with van der Waals surface area (Å²) >= 11 is 0. The van der Waals surface area contributed by atoms with Crippen molar-refractivity contribution in [2.24, 2.45) is 0 Å². The van der Waals surface area contributed by atoms with Gasteiger partial charge in [0.05, 0.1) is 11.9 Å². The molecule has 0 rings (SSSR count). The number of carbonyl (C=O) groups is 3. The number of rotatable bonds is 6. The van der Waals surface area contributed by atoms with Gasteiger partial charge in [-0.15, -0.1) is 0 Å². The first-order chi connectivity index (χ1) is 6.36. The van der Waals surface area contributed by atoms with E-state index in [0.29, 0.717) is 0 Å². The molecule has 0 aromatic carbocycles. The Labute approximate surface area is 134 Å². The minimum atomic E-state index is -2.47. The Hall–Kier alpha value is 0.330. The second-order valence-corrected chi connectivity index (χ2v) is 2.21. The Kier molecular flexibility index (Phi) is 14.1. The van der Waals surface area contributed by atoms with Gasteiger partial charge in [-0.3, -0.25) is 0 Å². The predicted molar refractivity (Wildman–Crippen MR) is 33.4 cm³/mol. The zero-order chi connectivity index (χ0) is 11.3. The minimum absolute atomic E-state index is 0. The van der Waals surface area contributed by atoms with Crippen molar-refractivity contribution in [3.63, 3.8) is 0 Å². The first-order valence-electron chi connectivity index (χ1n) is 3.29. The molecule has 0 fully saturated rings. The summed E-state index contributed by atoms with van der Waals surface area (Å²) in [4.78, 5) is 30.1. The summed E-state index contributed by atoms with van der Waals surface area (Å²) in [5, 5.41) is 36.9. The topological polar surface area (TPSA) is 147 Å². The van der Waals surface area contributed by atoms with Crippen LogP contribution in [0.1, 0.15) is 0 Å². The van der Waals surface area contributed by atoms with Crippen molar-refractivity contribution in [1.29, 1.82) is 0 Å². The maximum Gasteiger partial charge on any atom is 1.00 e. The fourth-order valence-corrected chi connectivity index (χ4v) is 0.573. The molecule has 80 valence electrons. The van der Waals surface area contributed by atoms with Crippen LogP contribution in [0.15, 0.2) is 0 Å². The molecule has 0 radical (unpaired) electrons. The summed E-state index contributed by atoms with van der Waals surface area (Å²) in [6.07, 6.45) is -4.74. The molecule has 8 nitrogen and oxygen atoms in total. The first-order valence-corrected chi connectivity index (χ1v) is 3.29. The number of ether oxygens (including phenoxy) is 1. The van der Waals surface area contributed by atoms with Gasteiger partial charge in [0.25, 0.3) is 0 Å². The fourth-order valence-electron chi connectivity index (χ4n) is 0.573. The molecular weight excluding hydrogens is 246 g/mol. The van der Waals surface area contributed by atoms with Crippen molar-refractivity contribution >= 4 is 17.9 Å². The maximum atomic E-state index is 10.2. The first kappa shape index (κ1) is 21.6. The average molecular weight is 252 g/mol. The van der Waals surface area contributed by atoms with Crippen LogP contribution in [0, 0.1) is 0 Å². The monoisotopic (exact) mass is 252 g/mol. The normalized spacial score (nSPS) is 12.6. The van der Waals surface area contributed by atoms with E-state index in [-0.39, 0.29) is 59.1 Å². The van der Waals surface area contributed by atoms with Gasteiger partial charge < -0.3 is 34.8 Å². The Morgan fingerprint density at radius 2 is 1.56 bits per heavy atom. The summed E-state index contributed by atoms with van der Waals surface area (Å²) in [6, 6.07) is 0. The molecule has 0 bridgehead atoms. The summed E-state index contributed by atoms with van der Waals surface area (Å²) in [5.41, 5.74) is 0. The second kappa shape index (κ2) is 10.5. The van der Waals surface area contributed by atoms with Crippen molar-refractivity contribution in [3.05, 3.63) is 0 Å². The third-order valence-corrected chi connectivity index (χ3v) is 1.15. The quantitative estimate of drug-likeness (QED) is 0.443. The van der Waals surface area contributed by atoms with Crippen LogP contribution >= 0.6 is 0 Å². The molecule has 0 saturated heterocycles. The van der Waals surface area contributed by atoms with E-state index in [4.69, 9.17) is 10.2 Å². The third kappa shape index (κ3) is 8.48. The van der Waals surface area contributed by atoms with Crippen LogP contribution in [0.25, 0.3) is 0 Å². The summed E-state index contributed by atoms with van der Waals surface area (Å²) < 4.78 is 4.06. The molecule has 0 saturated carbocycles. The average Bonchev–Trinajstić information content (AvgIpc) is 2.02. The van der Waals surface area contributed by atoms with Gasteiger partial charge in [-0.05, 0) is 0 Å². The predicted octanol–water partition coefficient (Wildman–Crippen LogP) is -10.7. The standard InChI is InChI=1S/C6H8O8.2Na/c7-2(8)1-14-4(6(12)13)3(9)5(10)11;;/h3-4,9H,1H2,(H,7,8)(H,10,11)(H,12,13);;/q;2*+1/p-2. The number of carbonyl (C=O) groups excluding carboxylic acids is 2. The van der Waals surface area contributed by atoms with E-state index in [9.17, 15) is 24.6 Å². The van der Waals surface area contributed by atoms with Crippen LogP contribution in [0.2, 0.25) is 0 Å². The van der Waals surface area contributed by atoms with Crippen molar-refractivity contribution in [2.75, 3.05) is 6.61 Å². The van der Waals surface area contributed by atoms with Crippen LogP contribution in [0.4, 0.5) is 0 Å². The molecule has 0 amide bonds. The number of carboxylic acid groups (broad SMARTS) is 3. The molecule has 0 aliphatic rings. The molecule has 16 heavy (non-hydrogen) atoms. The van der Waals surface area contributed by atoms with E-state index in [0.717, 1.165) is 0 Å². The van der Waals surface area contributed by atoms with Gasteiger partial charge in [-0.25, -0.2) is 4.79 Å². The second-order valence-electron chi connectivity index (χ2n) is 2.21. The van der Waals surface area contributed by atoms with Crippen LogP contribution < -0.4 is 69.3 Å². The van der Waals surface area contributed by atoms with Crippen LogP contribution in [0.5, 0.6) is 0 Å². The molecule has 2 atom stereocenters. The van der Waals surface area contributed by atoms with Gasteiger partial charge in [0.2, 0.25) is 0 Å². The molecule has 0 aliphatic heterocycles. The maximum absolute atomic E-state index is 10.2. The third-order valence-electron chi connectivity index (χ3n) is 1.15. The van der Waals surface area contributed by atoms with E-state index in [2.05, 4.69) is 4.74 Å². The van der Waals surface area contributed by atoms with Crippen molar-refractivity contribution in [1.82, 2.24) is 0 Å². The van der Waals surface area contributed by atoms with Crippen molar-refractivity contribution in [3.8, 4) is 0 Å². The summed E-state index contributed by atoms with van der Waals surface area (Å²) in [7, 11) is 0. The molecule has 0 aromatic rings. The van der Waals surface area contributed by atoms with Crippen molar-refractivity contribution in [2.45, 2.75) is 12.2 Å². The fraction of sp³-hybridized carbons (Fsp3) is 0.500. The Morgan fingerprint density at radius 3 is 1.81 bits per heavy atom. The summed E-state index contributed by atoms with van der Waals surface area (Å²) in [5.74, 6) is -5.64. The molecular formula is C6H6Na2O8. The molecule has 2 N–H and O–H groups in total.